The lowest BCUT2D eigenvalue weighted by Crippen LogP contribution is -2.19. The van der Waals surface area contributed by atoms with Crippen molar-refractivity contribution < 1.29 is 23.8 Å². The molecule has 0 saturated heterocycles. The first-order valence-electron chi connectivity index (χ1n) is 7.88. The average Bonchev–Trinajstić information content (AvgIpc) is 3.15. The number of methoxy groups -OCH3 is 2. The van der Waals surface area contributed by atoms with Crippen molar-refractivity contribution in [1.82, 2.24) is 0 Å². The second-order valence-electron chi connectivity index (χ2n) is 5.50. The molecule has 2 aromatic rings. The maximum Gasteiger partial charge on any atom is 0.338 e. The van der Waals surface area contributed by atoms with Crippen LogP contribution in [-0.2, 0) is 9.57 Å². The predicted octanol–water partition coefficient (Wildman–Crippen LogP) is 3.05. The molecule has 0 aliphatic carbocycles. The van der Waals surface area contributed by atoms with E-state index in [1.54, 1.807) is 18.2 Å². The molecular formula is C19H19NO5. The average molecular weight is 341 g/mol. The molecule has 0 spiro atoms. The third kappa shape index (κ3) is 3.91. The molecule has 0 bridgehead atoms. The van der Waals surface area contributed by atoms with Crippen LogP contribution in [0.4, 0.5) is 0 Å². The molecule has 0 saturated carbocycles. The molecule has 6 heteroatoms. The second-order valence-corrected chi connectivity index (χ2v) is 5.50. The van der Waals surface area contributed by atoms with Crippen molar-refractivity contribution in [2.24, 2.45) is 5.16 Å². The number of rotatable bonds is 6. The molecule has 1 aliphatic heterocycles. The van der Waals surface area contributed by atoms with Gasteiger partial charge in [0.1, 0.15) is 6.61 Å². The van der Waals surface area contributed by atoms with E-state index in [1.807, 2.05) is 30.3 Å². The topological polar surface area (TPSA) is 66.4 Å². The van der Waals surface area contributed by atoms with Crippen molar-refractivity contribution >= 4 is 11.7 Å². The summed E-state index contributed by atoms with van der Waals surface area (Å²) in [5.74, 6) is 0.584. The predicted molar refractivity (Wildman–Crippen MR) is 92.3 cm³/mol. The van der Waals surface area contributed by atoms with Crippen molar-refractivity contribution in [1.29, 1.82) is 0 Å². The highest BCUT2D eigenvalue weighted by Gasteiger charge is 2.24. The van der Waals surface area contributed by atoms with Crippen LogP contribution < -0.4 is 9.47 Å². The van der Waals surface area contributed by atoms with E-state index in [-0.39, 0.29) is 12.7 Å². The summed E-state index contributed by atoms with van der Waals surface area (Å²) >= 11 is 0. The molecule has 0 radical (unpaired) electrons. The van der Waals surface area contributed by atoms with E-state index in [9.17, 15) is 4.79 Å². The number of hydrogen-bond donors (Lipinski definition) is 0. The SMILES string of the molecule is COc1ccc(C(=O)OC[C@@H]2CC(c3ccccc3)=NO2)cc1OC. The summed E-state index contributed by atoms with van der Waals surface area (Å²) in [6.07, 6.45) is 0.322. The zero-order chi connectivity index (χ0) is 17.6. The van der Waals surface area contributed by atoms with Gasteiger partial charge < -0.3 is 19.0 Å². The quantitative estimate of drug-likeness (QED) is 0.756. The molecule has 25 heavy (non-hydrogen) atoms. The largest absolute Gasteiger partial charge is 0.493 e. The molecule has 1 atom stereocenters. The third-order valence-electron chi connectivity index (χ3n) is 3.86. The minimum absolute atomic E-state index is 0.132. The van der Waals surface area contributed by atoms with Crippen molar-refractivity contribution in [2.45, 2.75) is 12.5 Å². The maximum absolute atomic E-state index is 12.2. The van der Waals surface area contributed by atoms with Crippen LogP contribution in [0, 0.1) is 0 Å². The Morgan fingerprint density at radius 2 is 1.88 bits per heavy atom. The van der Waals surface area contributed by atoms with Gasteiger partial charge in [-0.3, -0.25) is 0 Å². The number of ether oxygens (including phenoxy) is 3. The third-order valence-corrected chi connectivity index (χ3v) is 3.86. The van der Waals surface area contributed by atoms with E-state index in [0.717, 1.165) is 11.3 Å². The van der Waals surface area contributed by atoms with Crippen molar-refractivity contribution in [3.05, 3.63) is 59.7 Å². The number of esters is 1. The number of hydrogen-bond acceptors (Lipinski definition) is 6. The summed E-state index contributed by atoms with van der Waals surface area (Å²) in [7, 11) is 3.05. The normalized spacial score (nSPS) is 15.9. The summed E-state index contributed by atoms with van der Waals surface area (Å²) in [5.41, 5.74) is 2.25. The molecule has 0 unspecified atom stereocenters. The molecule has 6 nitrogen and oxygen atoms in total. The Hall–Kier alpha value is -3.02. The summed E-state index contributed by atoms with van der Waals surface area (Å²) in [5, 5.41) is 4.08. The summed E-state index contributed by atoms with van der Waals surface area (Å²) in [4.78, 5) is 17.6. The van der Waals surface area contributed by atoms with E-state index in [2.05, 4.69) is 5.16 Å². The number of oxime groups is 1. The van der Waals surface area contributed by atoms with E-state index in [1.165, 1.54) is 14.2 Å². The van der Waals surface area contributed by atoms with E-state index in [4.69, 9.17) is 19.0 Å². The van der Waals surface area contributed by atoms with Gasteiger partial charge in [-0.1, -0.05) is 35.5 Å². The summed E-state index contributed by atoms with van der Waals surface area (Å²) < 4.78 is 15.7. The van der Waals surface area contributed by atoms with Crippen molar-refractivity contribution in [3.8, 4) is 11.5 Å². The highest BCUT2D eigenvalue weighted by molar-refractivity contribution is 6.01. The van der Waals surface area contributed by atoms with Crippen LogP contribution >= 0.6 is 0 Å². The summed E-state index contributed by atoms with van der Waals surface area (Å²) in [6.45, 7) is 0.132. The van der Waals surface area contributed by atoms with Gasteiger partial charge in [0.2, 0.25) is 0 Å². The van der Waals surface area contributed by atoms with Gasteiger partial charge in [0.05, 0.1) is 25.5 Å². The summed E-state index contributed by atoms with van der Waals surface area (Å²) in [6, 6.07) is 14.7. The van der Waals surface area contributed by atoms with Crippen molar-refractivity contribution in [3.63, 3.8) is 0 Å². The van der Waals surface area contributed by atoms with Crippen LogP contribution in [-0.4, -0.2) is 38.6 Å². The molecule has 0 aromatic heterocycles. The molecule has 130 valence electrons. The standard InChI is InChI=1S/C19H19NO5/c1-22-17-9-8-14(10-18(17)23-2)19(21)24-12-15-11-16(20-25-15)13-6-4-3-5-7-13/h3-10,15H,11-12H2,1-2H3/t15-/m0/s1. The Morgan fingerprint density at radius 3 is 2.60 bits per heavy atom. The number of carbonyl (C=O) groups excluding carboxylic acids is 1. The highest BCUT2D eigenvalue weighted by Crippen LogP contribution is 2.28. The Balaban J connectivity index is 1.55. The zero-order valence-electron chi connectivity index (χ0n) is 14.1. The van der Waals surface area contributed by atoms with E-state index >= 15 is 0 Å². The molecule has 3 rings (SSSR count). The van der Waals surface area contributed by atoms with Crippen LogP contribution in [0.5, 0.6) is 11.5 Å². The fraction of sp³-hybridized carbons (Fsp3) is 0.263. The fourth-order valence-electron chi connectivity index (χ4n) is 2.53. The van der Waals surface area contributed by atoms with Gasteiger partial charge in [-0.05, 0) is 23.8 Å². The lowest BCUT2D eigenvalue weighted by molar-refractivity contribution is 0.00684. The van der Waals surface area contributed by atoms with Crippen LogP contribution in [0.15, 0.2) is 53.7 Å². The molecule has 2 aromatic carbocycles. The number of benzene rings is 2. The lowest BCUT2D eigenvalue weighted by Gasteiger charge is -2.11. The van der Waals surface area contributed by atoms with Gasteiger partial charge in [-0.15, -0.1) is 0 Å². The van der Waals surface area contributed by atoms with Crippen LogP contribution in [0.3, 0.4) is 0 Å². The minimum atomic E-state index is -0.447. The van der Waals surface area contributed by atoms with E-state index in [0.29, 0.717) is 23.5 Å². The van der Waals surface area contributed by atoms with Gasteiger partial charge in [-0.2, -0.15) is 0 Å². The van der Waals surface area contributed by atoms with Gasteiger partial charge >= 0.3 is 5.97 Å². The molecule has 1 heterocycles. The Morgan fingerprint density at radius 1 is 1.12 bits per heavy atom. The highest BCUT2D eigenvalue weighted by atomic mass is 16.7. The minimum Gasteiger partial charge on any atom is -0.493 e. The van der Waals surface area contributed by atoms with Crippen LogP contribution in [0.25, 0.3) is 0 Å². The number of carbonyl (C=O) groups is 1. The van der Waals surface area contributed by atoms with Crippen LogP contribution in [0.2, 0.25) is 0 Å². The van der Waals surface area contributed by atoms with Gasteiger partial charge in [-0.25, -0.2) is 4.79 Å². The Kier molecular flexibility index (Phi) is 5.18. The van der Waals surface area contributed by atoms with Gasteiger partial charge in [0.15, 0.2) is 17.6 Å². The first-order valence-corrected chi connectivity index (χ1v) is 7.88. The Bertz CT molecular complexity index is 773. The lowest BCUT2D eigenvalue weighted by atomic mass is 10.1. The molecule has 0 N–H and O–H groups in total. The second kappa shape index (κ2) is 7.70. The Labute approximate surface area is 146 Å². The first kappa shape index (κ1) is 16.8. The molecule has 0 fully saturated rings. The molecule has 0 amide bonds. The maximum atomic E-state index is 12.2. The zero-order valence-corrected chi connectivity index (χ0v) is 14.1. The van der Waals surface area contributed by atoms with Gasteiger partial charge in [0.25, 0.3) is 0 Å². The molecular weight excluding hydrogens is 322 g/mol. The van der Waals surface area contributed by atoms with Gasteiger partial charge in [0, 0.05) is 6.42 Å². The molecule has 1 aliphatic rings. The van der Waals surface area contributed by atoms with Crippen molar-refractivity contribution in [2.75, 3.05) is 20.8 Å². The first-order chi connectivity index (χ1) is 12.2. The smallest absolute Gasteiger partial charge is 0.338 e. The van der Waals surface area contributed by atoms with E-state index < -0.39 is 5.97 Å². The van der Waals surface area contributed by atoms with Crippen LogP contribution in [0.1, 0.15) is 22.3 Å². The fourth-order valence-corrected chi connectivity index (χ4v) is 2.53. The number of nitrogens with zero attached hydrogens (tertiary/aromatic N) is 1. The monoisotopic (exact) mass is 341 g/mol.